The van der Waals surface area contributed by atoms with Crippen LogP contribution in [0.4, 0.5) is 23.2 Å². The maximum Gasteiger partial charge on any atom is 0.416 e. The summed E-state index contributed by atoms with van der Waals surface area (Å²) < 4.78 is 51.3. The van der Waals surface area contributed by atoms with Crippen molar-refractivity contribution in [2.24, 2.45) is 0 Å². The summed E-state index contributed by atoms with van der Waals surface area (Å²) in [6.07, 6.45) is -4.64. The Morgan fingerprint density at radius 2 is 1.60 bits per heavy atom. The fourth-order valence-electron chi connectivity index (χ4n) is 1.67. The number of nitrogens with two attached hydrogens (primary N) is 1. The van der Waals surface area contributed by atoms with Gasteiger partial charge in [0, 0.05) is 11.3 Å². The topological polar surface area (TPSA) is 43.1 Å². The number of rotatable bonds is 2. The van der Waals surface area contributed by atoms with Gasteiger partial charge in [-0.2, -0.15) is 13.2 Å². The normalized spacial score (nSPS) is 11.4. The number of nitrogen functional groups attached to an aromatic ring is 1. The summed E-state index contributed by atoms with van der Waals surface area (Å²) in [5.74, 6) is -1.83. The third kappa shape index (κ3) is 2.79. The third-order valence-corrected chi connectivity index (χ3v) is 2.71. The van der Waals surface area contributed by atoms with E-state index in [4.69, 9.17) is 5.73 Å². The van der Waals surface area contributed by atoms with E-state index in [9.17, 15) is 22.4 Å². The Hall–Kier alpha value is -2.37. The van der Waals surface area contributed by atoms with Crippen molar-refractivity contribution in [3.63, 3.8) is 0 Å². The van der Waals surface area contributed by atoms with Gasteiger partial charge in [-0.25, -0.2) is 4.39 Å². The second kappa shape index (κ2) is 4.96. The van der Waals surface area contributed by atoms with Crippen molar-refractivity contribution in [1.82, 2.24) is 0 Å². The highest BCUT2D eigenvalue weighted by atomic mass is 19.4. The summed E-state index contributed by atoms with van der Waals surface area (Å²) in [7, 11) is 0. The molecule has 0 bridgehead atoms. The number of carbonyl (C=O) groups excluding carboxylic acids is 1. The van der Waals surface area contributed by atoms with Crippen molar-refractivity contribution in [2.75, 3.05) is 5.73 Å². The molecule has 0 atom stereocenters. The molecular formula is C14H9F4NO. The summed E-state index contributed by atoms with van der Waals surface area (Å²) in [6.45, 7) is 0. The Morgan fingerprint density at radius 3 is 2.15 bits per heavy atom. The number of alkyl halides is 3. The molecule has 0 heterocycles. The lowest BCUT2D eigenvalue weighted by Crippen LogP contribution is -2.10. The van der Waals surface area contributed by atoms with Gasteiger partial charge in [-0.1, -0.05) is 0 Å². The fraction of sp³-hybridized carbons (Fsp3) is 0.0714. The summed E-state index contributed by atoms with van der Waals surface area (Å²) in [4.78, 5) is 12.0. The molecule has 0 amide bonds. The number of ketones is 1. The molecule has 2 aromatic carbocycles. The van der Waals surface area contributed by atoms with E-state index in [-0.39, 0.29) is 5.56 Å². The molecule has 0 aliphatic heterocycles. The van der Waals surface area contributed by atoms with E-state index in [2.05, 4.69) is 0 Å². The highest BCUT2D eigenvalue weighted by Gasteiger charge is 2.32. The van der Waals surface area contributed by atoms with E-state index in [0.29, 0.717) is 23.9 Å². The third-order valence-electron chi connectivity index (χ3n) is 2.71. The quantitative estimate of drug-likeness (QED) is 0.519. The van der Waals surface area contributed by atoms with Gasteiger partial charge in [0.25, 0.3) is 0 Å². The monoisotopic (exact) mass is 283 g/mol. The zero-order valence-electron chi connectivity index (χ0n) is 10.0. The van der Waals surface area contributed by atoms with Crippen molar-refractivity contribution in [3.05, 3.63) is 65.0 Å². The molecule has 104 valence electrons. The van der Waals surface area contributed by atoms with E-state index in [1.54, 1.807) is 0 Å². The molecule has 0 fully saturated rings. The number of hydrogen-bond donors (Lipinski definition) is 1. The minimum atomic E-state index is -4.64. The molecule has 0 aliphatic rings. The van der Waals surface area contributed by atoms with Gasteiger partial charge in [0.05, 0.1) is 11.1 Å². The smallest absolute Gasteiger partial charge is 0.399 e. The van der Waals surface area contributed by atoms with Crippen LogP contribution >= 0.6 is 0 Å². The van der Waals surface area contributed by atoms with E-state index in [1.165, 1.54) is 24.3 Å². The van der Waals surface area contributed by atoms with Gasteiger partial charge >= 0.3 is 6.18 Å². The van der Waals surface area contributed by atoms with Crippen LogP contribution < -0.4 is 5.73 Å². The summed E-state index contributed by atoms with van der Waals surface area (Å²) in [5, 5.41) is 0. The standard InChI is InChI=1S/C14H9F4NO/c15-12-6-3-9(14(16,17)18)7-11(12)13(20)8-1-4-10(19)5-2-8/h1-7H,19H2. The van der Waals surface area contributed by atoms with Crippen molar-refractivity contribution >= 4 is 11.5 Å². The van der Waals surface area contributed by atoms with Gasteiger partial charge in [-0.3, -0.25) is 4.79 Å². The van der Waals surface area contributed by atoms with Crippen LogP contribution in [0.1, 0.15) is 21.5 Å². The maximum absolute atomic E-state index is 13.6. The average molecular weight is 283 g/mol. The molecule has 20 heavy (non-hydrogen) atoms. The lowest BCUT2D eigenvalue weighted by molar-refractivity contribution is -0.137. The molecular weight excluding hydrogens is 274 g/mol. The van der Waals surface area contributed by atoms with E-state index < -0.39 is 28.9 Å². The molecule has 6 heteroatoms. The second-order valence-corrected chi connectivity index (χ2v) is 4.14. The molecule has 2 N–H and O–H groups in total. The van der Waals surface area contributed by atoms with Gasteiger partial charge in [0.2, 0.25) is 0 Å². The SMILES string of the molecule is Nc1ccc(C(=O)c2cc(C(F)(F)F)ccc2F)cc1. The lowest BCUT2D eigenvalue weighted by Gasteiger charge is -2.09. The number of hydrogen-bond acceptors (Lipinski definition) is 2. The minimum absolute atomic E-state index is 0.0671. The molecule has 0 spiro atoms. The van der Waals surface area contributed by atoms with E-state index in [1.807, 2.05) is 0 Å². The second-order valence-electron chi connectivity index (χ2n) is 4.14. The predicted molar refractivity (Wildman–Crippen MR) is 65.7 cm³/mol. The molecule has 0 saturated heterocycles. The first-order valence-corrected chi connectivity index (χ1v) is 5.56. The Bertz CT molecular complexity index is 647. The van der Waals surface area contributed by atoms with Gasteiger partial charge in [-0.05, 0) is 42.5 Å². The molecule has 2 nitrogen and oxygen atoms in total. The zero-order chi connectivity index (χ0) is 14.9. The highest BCUT2D eigenvalue weighted by molar-refractivity contribution is 6.09. The van der Waals surface area contributed by atoms with Crippen LogP contribution in [0.25, 0.3) is 0 Å². The Kier molecular flexibility index (Phi) is 3.48. The van der Waals surface area contributed by atoms with Gasteiger partial charge in [0.1, 0.15) is 5.82 Å². The van der Waals surface area contributed by atoms with Crippen LogP contribution in [0.15, 0.2) is 42.5 Å². The molecule has 2 aromatic rings. The van der Waals surface area contributed by atoms with E-state index >= 15 is 0 Å². The predicted octanol–water partition coefficient (Wildman–Crippen LogP) is 3.66. The maximum atomic E-state index is 13.6. The summed E-state index contributed by atoms with van der Waals surface area (Å²) >= 11 is 0. The minimum Gasteiger partial charge on any atom is -0.399 e. The van der Waals surface area contributed by atoms with Crippen LogP contribution in [0, 0.1) is 5.82 Å². The first-order chi connectivity index (χ1) is 9.29. The van der Waals surface area contributed by atoms with Crippen LogP contribution in [0.2, 0.25) is 0 Å². The molecule has 0 radical (unpaired) electrons. The molecule has 2 rings (SSSR count). The van der Waals surface area contributed by atoms with Crippen molar-refractivity contribution in [3.8, 4) is 0 Å². The van der Waals surface area contributed by atoms with Gasteiger partial charge in [-0.15, -0.1) is 0 Å². The number of carbonyl (C=O) groups is 1. The van der Waals surface area contributed by atoms with Gasteiger partial charge in [0.15, 0.2) is 5.78 Å². The van der Waals surface area contributed by atoms with Gasteiger partial charge < -0.3 is 5.73 Å². The Morgan fingerprint density at radius 1 is 1.00 bits per heavy atom. The average Bonchev–Trinajstić information content (AvgIpc) is 2.38. The number of benzene rings is 2. The van der Waals surface area contributed by atoms with Crippen LogP contribution in [0.5, 0.6) is 0 Å². The number of anilines is 1. The van der Waals surface area contributed by atoms with Crippen molar-refractivity contribution < 1.29 is 22.4 Å². The first-order valence-electron chi connectivity index (χ1n) is 5.56. The summed E-state index contributed by atoms with van der Waals surface area (Å²) in [5.41, 5.74) is 4.21. The Balaban J connectivity index is 2.46. The lowest BCUT2D eigenvalue weighted by atomic mass is 10.0. The Labute approximate surface area is 111 Å². The highest BCUT2D eigenvalue weighted by Crippen LogP contribution is 2.30. The molecule has 0 aromatic heterocycles. The van der Waals surface area contributed by atoms with Crippen molar-refractivity contribution in [1.29, 1.82) is 0 Å². The summed E-state index contributed by atoms with van der Waals surface area (Å²) in [6, 6.07) is 7.22. The largest absolute Gasteiger partial charge is 0.416 e. The zero-order valence-corrected chi connectivity index (χ0v) is 10.0. The van der Waals surface area contributed by atoms with Crippen LogP contribution in [-0.4, -0.2) is 5.78 Å². The molecule has 0 aliphatic carbocycles. The van der Waals surface area contributed by atoms with E-state index in [0.717, 1.165) is 0 Å². The number of halogens is 4. The van der Waals surface area contributed by atoms with Crippen LogP contribution in [-0.2, 0) is 6.18 Å². The van der Waals surface area contributed by atoms with Crippen molar-refractivity contribution in [2.45, 2.75) is 6.18 Å². The van der Waals surface area contributed by atoms with Crippen LogP contribution in [0.3, 0.4) is 0 Å². The molecule has 0 unspecified atom stereocenters. The molecule has 0 saturated carbocycles. The fourth-order valence-corrected chi connectivity index (χ4v) is 1.67. The first kappa shape index (κ1) is 14.0.